The Morgan fingerprint density at radius 1 is 1.35 bits per heavy atom. The van der Waals surface area contributed by atoms with E-state index in [0.717, 1.165) is 14.3 Å². The molecule has 0 aromatic heterocycles. The molecular formula is C18H25BrN2O4S. The van der Waals surface area contributed by atoms with Crippen molar-refractivity contribution in [2.45, 2.75) is 32.9 Å². The maximum atomic E-state index is 12.9. The second-order valence-electron chi connectivity index (χ2n) is 6.35. The van der Waals surface area contributed by atoms with Crippen molar-refractivity contribution in [1.82, 2.24) is 9.62 Å². The summed E-state index contributed by atoms with van der Waals surface area (Å²) in [4.78, 5) is 11.8. The first-order valence-corrected chi connectivity index (χ1v) is 10.7. The molecule has 0 bridgehead atoms. The van der Waals surface area contributed by atoms with Crippen molar-refractivity contribution in [2.75, 3.05) is 18.8 Å². The SMILES string of the molecule is C#CCNCCS(=O)(=O)N(Cc1ccc(Br)cc1)[C@@H](CC(C)C)C(=O)O. The van der Waals surface area contributed by atoms with E-state index in [9.17, 15) is 18.3 Å². The van der Waals surface area contributed by atoms with Gasteiger partial charge >= 0.3 is 5.97 Å². The maximum absolute atomic E-state index is 12.9. The van der Waals surface area contributed by atoms with Gasteiger partial charge in [0.15, 0.2) is 0 Å². The fraction of sp³-hybridized carbons (Fsp3) is 0.500. The predicted molar refractivity (Wildman–Crippen MR) is 106 cm³/mol. The highest BCUT2D eigenvalue weighted by molar-refractivity contribution is 9.10. The average molecular weight is 445 g/mol. The summed E-state index contributed by atoms with van der Waals surface area (Å²) in [6.45, 7) is 4.17. The Hall–Kier alpha value is -1.40. The van der Waals surface area contributed by atoms with Crippen LogP contribution in [0.1, 0.15) is 25.8 Å². The molecule has 2 N–H and O–H groups in total. The number of benzene rings is 1. The van der Waals surface area contributed by atoms with Crippen molar-refractivity contribution in [3.05, 3.63) is 34.3 Å². The molecule has 8 heteroatoms. The van der Waals surface area contributed by atoms with Crippen LogP contribution in [0.4, 0.5) is 0 Å². The van der Waals surface area contributed by atoms with Crippen LogP contribution >= 0.6 is 15.9 Å². The molecular weight excluding hydrogens is 420 g/mol. The minimum atomic E-state index is -3.79. The van der Waals surface area contributed by atoms with Crippen molar-refractivity contribution in [2.24, 2.45) is 5.92 Å². The summed E-state index contributed by atoms with van der Waals surface area (Å²) in [7, 11) is -3.79. The van der Waals surface area contributed by atoms with Gasteiger partial charge in [0.1, 0.15) is 6.04 Å². The number of sulfonamides is 1. The number of terminal acetylenes is 1. The molecule has 0 radical (unpaired) electrons. The molecule has 1 atom stereocenters. The molecule has 0 aliphatic carbocycles. The van der Waals surface area contributed by atoms with Crippen LogP contribution in [0.5, 0.6) is 0 Å². The number of aliphatic carboxylic acids is 1. The van der Waals surface area contributed by atoms with Crippen molar-refractivity contribution in [3.63, 3.8) is 0 Å². The van der Waals surface area contributed by atoms with Gasteiger partial charge in [-0.05, 0) is 30.0 Å². The monoisotopic (exact) mass is 444 g/mol. The van der Waals surface area contributed by atoms with Crippen molar-refractivity contribution < 1.29 is 18.3 Å². The Kier molecular flexibility index (Phi) is 9.30. The summed E-state index contributed by atoms with van der Waals surface area (Å²) in [5, 5.41) is 12.5. The van der Waals surface area contributed by atoms with Crippen molar-refractivity contribution >= 4 is 31.9 Å². The standard InChI is InChI=1S/C18H25BrN2O4S/c1-4-9-20-10-11-26(24,25)21(17(18(22)23)12-14(2)3)13-15-5-7-16(19)8-6-15/h1,5-8,14,17,20H,9-13H2,2-3H3,(H,22,23)/t17-/m0/s1. The summed E-state index contributed by atoms with van der Waals surface area (Å²) in [5.74, 6) is 1.06. The Morgan fingerprint density at radius 2 is 1.96 bits per heavy atom. The zero-order chi connectivity index (χ0) is 19.7. The first kappa shape index (κ1) is 22.6. The lowest BCUT2D eigenvalue weighted by atomic mass is 10.0. The normalized spacial score (nSPS) is 12.9. The van der Waals surface area contributed by atoms with Crippen LogP contribution in [-0.4, -0.2) is 48.7 Å². The van der Waals surface area contributed by atoms with Gasteiger partial charge in [0.2, 0.25) is 10.0 Å². The number of carboxylic acid groups (broad SMARTS) is 1. The third-order valence-electron chi connectivity index (χ3n) is 3.70. The van der Waals surface area contributed by atoms with Crippen molar-refractivity contribution in [1.29, 1.82) is 0 Å². The topological polar surface area (TPSA) is 86.7 Å². The van der Waals surface area contributed by atoms with Gasteiger partial charge in [-0.1, -0.05) is 47.8 Å². The minimum absolute atomic E-state index is 0.00837. The van der Waals surface area contributed by atoms with E-state index >= 15 is 0 Å². The molecule has 26 heavy (non-hydrogen) atoms. The summed E-state index contributed by atoms with van der Waals surface area (Å²) >= 11 is 3.33. The van der Waals surface area contributed by atoms with Gasteiger partial charge in [-0.15, -0.1) is 6.42 Å². The minimum Gasteiger partial charge on any atom is -0.480 e. The molecule has 0 aliphatic rings. The number of carbonyl (C=O) groups is 1. The van der Waals surface area contributed by atoms with Gasteiger partial charge in [0.05, 0.1) is 12.3 Å². The smallest absolute Gasteiger partial charge is 0.322 e. The molecule has 0 amide bonds. The van der Waals surface area contributed by atoms with E-state index in [1.165, 1.54) is 0 Å². The van der Waals surface area contributed by atoms with Gasteiger partial charge in [-0.25, -0.2) is 8.42 Å². The number of halogens is 1. The lowest BCUT2D eigenvalue weighted by molar-refractivity contribution is -0.142. The van der Waals surface area contributed by atoms with Gasteiger partial charge in [-0.3, -0.25) is 4.79 Å². The number of rotatable bonds is 11. The van der Waals surface area contributed by atoms with Crippen LogP contribution in [-0.2, 0) is 21.4 Å². The summed E-state index contributed by atoms with van der Waals surface area (Å²) in [6, 6.07) is 6.03. The molecule has 144 valence electrons. The number of hydrogen-bond acceptors (Lipinski definition) is 4. The molecule has 0 saturated carbocycles. The van der Waals surface area contributed by atoms with Gasteiger partial charge in [0.25, 0.3) is 0 Å². The Labute approximate surface area is 164 Å². The van der Waals surface area contributed by atoms with E-state index in [-0.39, 0.29) is 37.7 Å². The molecule has 0 saturated heterocycles. The van der Waals surface area contributed by atoms with E-state index in [1.807, 2.05) is 13.8 Å². The molecule has 6 nitrogen and oxygen atoms in total. The van der Waals surface area contributed by atoms with Crippen molar-refractivity contribution in [3.8, 4) is 12.3 Å². The van der Waals surface area contributed by atoms with Crippen LogP contribution in [0.2, 0.25) is 0 Å². The number of nitrogens with one attached hydrogen (secondary N) is 1. The van der Waals surface area contributed by atoms with E-state index in [2.05, 4.69) is 27.2 Å². The first-order valence-electron chi connectivity index (χ1n) is 8.28. The summed E-state index contributed by atoms with van der Waals surface area (Å²) < 4.78 is 27.7. The molecule has 1 aromatic rings. The van der Waals surface area contributed by atoms with Crippen LogP contribution in [0.15, 0.2) is 28.7 Å². The Bertz CT molecular complexity index is 727. The molecule has 1 aromatic carbocycles. The summed E-state index contributed by atoms with van der Waals surface area (Å²) in [6.07, 6.45) is 5.38. The van der Waals surface area contributed by atoms with Crippen LogP contribution in [0.3, 0.4) is 0 Å². The van der Waals surface area contributed by atoms with Gasteiger partial charge in [-0.2, -0.15) is 4.31 Å². The quantitative estimate of drug-likeness (QED) is 0.403. The maximum Gasteiger partial charge on any atom is 0.322 e. The van der Waals surface area contributed by atoms with Crippen LogP contribution in [0, 0.1) is 18.3 Å². The third-order valence-corrected chi connectivity index (χ3v) is 6.05. The zero-order valence-electron chi connectivity index (χ0n) is 15.0. The van der Waals surface area contributed by atoms with E-state index in [1.54, 1.807) is 24.3 Å². The summed E-state index contributed by atoms with van der Waals surface area (Å²) in [5.41, 5.74) is 0.725. The molecule has 0 heterocycles. The lowest BCUT2D eigenvalue weighted by Gasteiger charge is -2.29. The second-order valence-corrected chi connectivity index (χ2v) is 9.31. The number of nitrogens with zero attached hydrogens (tertiary/aromatic N) is 1. The van der Waals surface area contributed by atoms with Crippen LogP contribution in [0.25, 0.3) is 0 Å². The fourth-order valence-electron chi connectivity index (χ4n) is 2.44. The van der Waals surface area contributed by atoms with Gasteiger partial charge < -0.3 is 10.4 Å². The largest absolute Gasteiger partial charge is 0.480 e. The number of carboxylic acids is 1. The fourth-order valence-corrected chi connectivity index (χ4v) is 4.25. The Morgan fingerprint density at radius 3 is 2.46 bits per heavy atom. The van der Waals surface area contributed by atoms with Gasteiger partial charge in [0, 0.05) is 17.6 Å². The lowest BCUT2D eigenvalue weighted by Crippen LogP contribution is -2.47. The third kappa shape index (κ3) is 7.46. The van der Waals surface area contributed by atoms with Crippen LogP contribution < -0.4 is 5.32 Å². The molecule has 0 fully saturated rings. The second kappa shape index (κ2) is 10.7. The average Bonchev–Trinajstić information content (AvgIpc) is 2.56. The zero-order valence-corrected chi connectivity index (χ0v) is 17.4. The number of hydrogen-bond donors (Lipinski definition) is 2. The predicted octanol–water partition coefficient (Wildman–Crippen LogP) is 2.30. The molecule has 0 aliphatic heterocycles. The highest BCUT2D eigenvalue weighted by Crippen LogP contribution is 2.21. The Balaban J connectivity index is 3.11. The molecule has 0 spiro atoms. The van der Waals surface area contributed by atoms with E-state index in [0.29, 0.717) is 0 Å². The molecule has 1 rings (SSSR count). The van der Waals surface area contributed by atoms with E-state index in [4.69, 9.17) is 6.42 Å². The highest BCUT2D eigenvalue weighted by atomic mass is 79.9. The van der Waals surface area contributed by atoms with E-state index < -0.39 is 22.0 Å². The first-order chi connectivity index (χ1) is 12.2. The highest BCUT2D eigenvalue weighted by Gasteiger charge is 2.35. The molecule has 0 unspecified atom stereocenters.